The lowest BCUT2D eigenvalue weighted by atomic mass is 10.2. The van der Waals surface area contributed by atoms with Crippen LogP contribution in [0.5, 0.6) is 0 Å². The third-order valence-electron chi connectivity index (χ3n) is 3.73. The Morgan fingerprint density at radius 1 is 0.958 bits per heavy atom. The minimum absolute atomic E-state index is 0.309. The average Bonchev–Trinajstić information content (AvgIpc) is 2.95. The second kappa shape index (κ2) is 5.50. The van der Waals surface area contributed by atoms with Crippen LogP contribution < -0.4 is 11.2 Å². The lowest BCUT2D eigenvalue weighted by Gasteiger charge is -1.98. The van der Waals surface area contributed by atoms with Gasteiger partial charge in [-0.3, -0.25) is 4.79 Å². The first-order valence-electron chi connectivity index (χ1n) is 7.19. The number of H-pyrrole nitrogens is 2. The first-order valence-corrected chi connectivity index (χ1v) is 7.57. The number of para-hydroxylation sites is 1. The maximum Gasteiger partial charge on any atom is 0.350 e. The Bertz CT molecular complexity index is 1200. The van der Waals surface area contributed by atoms with Crippen LogP contribution in [0.3, 0.4) is 0 Å². The van der Waals surface area contributed by atoms with Crippen LogP contribution in [0.25, 0.3) is 21.9 Å². The highest BCUT2D eigenvalue weighted by molar-refractivity contribution is 6.30. The second-order valence-corrected chi connectivity index (χ2v) is 5.70. The zero-order valence-electron chi connectivity index (χ0n) is 12.3. The van der Waals surface area contributed by atoms with E-state index in [-0.39, 0.29) is 0 Å². The van der Waals surface area contributed by atoms with Crippen molar-refractivity contribution < 1.29 is 0 Å². The van der Waals surface area contributed by atoms with E-state index in [0.29, 0.717) is 16.1 Å². The molecule has 0 amide bonds. The molecule has 0 aliphatic carbocycles. The van der Waals surface area contributed by atoms with E-state index >= 15 is 0 Å². The largest absolute Gasteiger partial charge is 0.350 e. The van der Waals surface area contributed by atoms with Crippen molar-refractivity contribution in [2.24, 2.45) is 5.10 Å². The van der Waals surface area contributed by atoms with Crippen molar-refractivity contribution in [1.82, 2.24) is 14.6 Å². The van der Waals surface area contributed by atoms with E-state index in [1.807, 2.05) is 24.3 Å². The van der Waals surface area contributed by atoms with Crippen LogP contribution in [0.4, 0.5) is 0 Å². The molecule has 0 unspecified atom stereocenters. The van der Waals surface area contributed by atoms with Gasteiger partial charge in [0.1, 0.15) is 5.52 Å². The number of aromatic amines is 2. The number of halogens is 1. The minimum Gasteiger partial charge on any atom is -0.349 e. The molecular formula is C17H11ClN4O2. The number of fused-ring (bicyclic) bond motifs is 3. The van der Waals surface area contributed by atoms with Gasteiger partial charge in [0.2, 0.25) is 0 Å². The molecule has 0 atom stereocenters. The molecule has 2 heterocycles. The van der Waals surface area contributed by atoms with Crippen LogP contribution in [-0.4, -0.2) is 20.9 Å². The van der Waals surface area contributed by atoms with E-state index in [4.69, 9.17) is 11.6 Å². The molecule has 24 heavy (non-hydrogen) atoms. The molecule has 0 aliphatic heterocycles. The summed E-state index contributed by atoms with van der Waals surface area (Å²) in [5, 5.41) is 5.38. The molecule has 6 nitrogen and oxygen atoms in total. The quantitative estimate of drug-likeness (QED) is 0.551. The molecule has 2 N–H and O–H groups in total. The van der Waals surface area contributed by atoms with Crippen molar-refractivity contribution in [1.29, 1.82) is 0 Å². The molecule has 0 bridgehead atoms. The Hall–Kier alpha value is -3.12. The van der Waals surface area contributed by atoms with Crippen LogP contribution in [0, 0.1) is 0 Å². The van der Waals surface area contributed by atoms with E-state index < -0.39 is 11.2 Å². The molecule has 4 aromatic rings. The zero-order valence-corrected chi connectivity index (χ0v) is 13.0. The van der Waals surface area contributed by atoms with Crippen LogP contribution in [-0.2, 0) is 0 Å². The molecular weight excluding hydrogens is 328 g/mol. The Kier molecular flexibility index (Phi) is 3.32. The lowest BCUT2D eigenvalue weighted by molar-refractivity contribution is 0.770. The van der Waals surface area contributed by atoms with E-state index in [1.165, 1.54) is 6.21 Å². The van der Waals surface area contributed by atoms with Crippen molar-refractivity contribution in [3.8, 4) is 0 Å². The predicted octanol–water partition coefficient (Wildman–Crippen LogP) is 2.71. The molecule has 0 fully saturated rings. The van der Waals surface area contributed by atoms with Crippen molar-refractivity contribution in [2.45, 2.75) is 0 Å². The fraction of sp³-hybridized carbons (Fsp3) is 0. The molecule has 0 spiro atoms. The molecule has 0 saturated heterocycles. The van der Waals surface area contributed by atoms with Gasteiger partial charge in [0.15, 0.2) is 0 Å². The van der Waals surface area contributed by atoms with Gasteiger partial charge in [-0.2, -0.15) is 5.10 Å². The molecule has 0 saturated carbocycles. The van der Waals surface area contributed by atoms with Gasteiger partial charge in [0, 0.05) is 15.9 Å². The van der Waals surface area contributed by atoms with Crippen LogP contribution in [0.2, 0.25) is 5.02 Å². The number of hydrogen-bond donors (Lipinski definition) is 2. The maximum atomic E-state index is 12.6. The molecule has 0 aliphatic rings. The highest BCUT2D eigenvalue weighted by Crippen LogP contribution is 2.19. The van der Waals surface area contributed by atoms with Gasteiger partial charge in [-0.25, -0.2) is 4.79 Å². The van der Waals surface area contributed by atoms with Gasteiger partial charge >= 0.3 is 11.2 Å². The lowest BCUT2D eigenvalue weighted by Crippen LogP contribution is -2.32. The van der Waals surface area contributed by atoms with Crippen LogP contribution >= 0.6 is 11.6 Å². The van der Waals surface area contributed by atoms with Gasteiger partial charge in [-0.15, -0.1) is 4.68 Å². The highest BCUT2D eigenvalue weighted by Gasteiger charge is 2.11. The molecule has 7 heteroatoms. The summed E-state index contributed by atoms with van der Waals surface area (Å²) >= 11 is 5.82. The van der Waals surface area contributed by atoms with Crippen LogP contribution in [0.1, 0.15) is 5.56 Å². The van der Waals surface area contributed by atoms with Crippen molar-refractivity contribution in [3.05, 3.63) is 80.0 Å². The van der Waals surface area contributed by atoms with Gasteiger partial charge in [-0.05, 0) is 23.8 Å². The van der Waals surface area contributed by atoms with Gasteiger partial charge in [0.05, 0.1) is 11.7 Å². The third kappa shape index (κ3) is 2.33. The van der Waals surface area contributed by atoms with Crippen molar-refractivity contribution in [2.75, 3.05) is 0 Å². The number of hydrogen-bond acceptors (Lipinski definition) is 3. The summed E-state index contributed by atoms with van der Waals surface area (Å²) in [6.45, 7) is 0. The van der Waals surface area contributed by atoms with E-state index in [2.05, 4.69) is 15.1 Å². The summed E-state index contributed by atoms with van der Waals surface area (Å²) < 4.78 is 0.798. The van der Waals surface area contributed by atoms with Crippen molar-refractivity contribution in [3.63, 3.8) is 0 Å². The van der Waals surface area contributed by atoms with Crippen LogP contribution in [0.15, 0.2) is 63.2 Å². The summed E-state index contributed by atoms with van der Waals surface area (Å²) in [6.07, 6.45) is 1.43. The summed E-state index contributed by atoms with van der Waals surface area (Å²) in [5.41, 5.74) is 1.20. The number of rotatable bonds is 2. The Labute approximate surface area is 140 Å². The zero-order chi connectivity index (χ0) is 16.7. The fourth-order valence-electron chi connectivity index (χ4n) is 2.57. The first kappa shape index (κ1) is 14.5. The van der Waals surface area contributed by atoms with Crippen molar-refractivity contribution >= 4 is 39.8 Å². The van der Waals surface area contributed by atoms with E-state index in [0.717, 1.165) is 21.1 Å². The normalized spacial score (nSPS) is 11.7. The molecule has 4 rings (SSSR count). The number of nitrogens with zero attached hydrogens (tertiary/aromatic N) is 2. The average molecular weight is 339 g/mol. The smallest absolute Gasteiger partial charge is 0.349 e. The molecule has 2 aromatic carbocycles. The predicted molar refractivity (Wildman–Crippen MR) is 95.1 cm³/mol. The summed E-state index contributed by atoms with van der Waals surface area (Å²) in [6, 6.07) is 14.3. The molecule has 118 valence electrons. The number of benzene rings is 2. The van der Waals surface area contributed by atoms with E-state index in [1.54, 1.807) is 24.3 Å². The second-order valence-electron chi connectivity index (χ2n) is 5.26. The molecule has 0 radical (unpaired) electrons. The topological polar surface area (TPSA) is 83.0 Å². The fourth-order valence-corrected chi connectivity index (χ4v) is 2.69. The highest BCUT2D eigenvalue weighted by atomic mass is 35.5. The Balaban J connectivity index is 1.90. The Morgan fingerprint density at radius 3 is 2.50 bits per heavy atom. The number of nitrogens with one attached hydrogen (secondary N) is 2. The summed E-state index contributed by atoms with van der Waals surface area (Å²) in [7, 11) is 0. The molecule has 2 aromatic heterocycles. The van der Waals surface area contributed by atoms with Gasteiger partial charge < -0.3 is 9.97 Å². The Morgan fingerprint density at radius 2 is 1.71 bits per heavy atom. The first-order chi connectivity index (χ1) is 11.6. The standard InChI is InChI=1S/C17H11ClN4O2/c18-11-7-5-10(6-8-11)9-19-22-16(23)15-14(21-17(22)24)12-3-1-2-4-13(12)20-15/h1-9,20H,(H,21,24)/b19-9+. The summed E-state index contributed by atoms with van der Waals surface area (Å²) in [4.78, 5) is 30.5. The minimum atomic E-state index is -0.595. The van der Waals surface area contributed by atoms with Gasteiger partial charge in [-0.1, -0.05) is 41.9 Å². The van der Waals surface area contributed by atoms with Gasteiger partial charge in [0.25, 0.3) is 0 Å². The SMILES string of the molecule is O=c1[nH]c2c([nH]c3ccccc32)c(=O)n1/N=C/c1ccc(Cl)cc1. The monoisotopic (exact) mass is 338 g/mol. The summed E-state index contributed by atoms with van der Waals surface area (Å²) in [5.74, 6) is 0. The maximum absolute atomic E-state index is 12.6. The van der Waals surface area contributed by atoms with E-state index in [9.17, 15) is 9.59 Å². The third-order valence-corrected chi connectivity index (χ3v) is 3.98. The number of aromatic nitrogens is 3.